The minimum atomic E-state index is -0.265. The Kier molecular flexibility index (Phi) is 6.35. The van der Waals surface area contributed by atoms with Gasteiger partial charge in [-0.1, -0.05) is 30.3 Å². The number of aryl methyl sites for hydroxylation is 2. The van der Waals surface area contributed by atoms with Gasteiger partial charge < -0.3 is 20.9 Å². The predicted molar refractivity (Wildman–Crippen MR) is 135 cm³/mol. The maximum absolute atomic E-state index is 14.1. The van der Waals surface area contributed by atoms with Crippen molar-refractivity contribution in [2.45, 2.75) is 26.1 Å². The lowest BCUT2D eigenvalue weighted by atomic mass is 10.2. The summed E-state index contributed by atoms with van der Waals surface area (Å²) in [4.78, 5) is 13.9. The number of rotatable bonds is 9. The van der Waals surface area contributed by atoms with Crippen LogP contribution < -0.4 is 16.4 Å². The van der Waals surface area contributed by atoms with E-state index in [2.05, 4.69) is 37.4 Å². The smallest absolute Gasteiger partial charge is 0.227 e. The number of hydrogen-bond acceptors (Lipinski definition) is 7. The van der Waals surface area contributed by atoms with Crippen LogP contribution in [-0.4, -0.2) is 19.5 Å². The molecular weight excluding hydrogens is 449 g/mol. The highest BCUT2D eigenvalue weighted by Crippen LogP contribution is 2.23. The summed E-state index contributed by atoms with van der Waals surface area (Å²) in [6.45, 7) is 1.58. The monoisotopic (exact) mass is 473 g/mol. The number of aromatic nitrogens is 4. The second-order valence-electron chi connectivity index (χ2n) is 7.93. The first-order valence-electron chi connectivity index (χ1n) is 11.0. The SMILES string of the molecule is Nc1ccc(CNc2nc(NCc3ccccc3F)nc3c2ncn3CCc2ccsc2)cc1. The average Bonchev–Trinajstić information content (AvgIpc) is 3.52. The zero-order valence-corrected chi connectivity index (χ0v) is 19.2. The van der Waals surface area contributed by atoms with Crippen LogP contribution in [0.25, 0.3) is 11.2 Å². The van der Waals surface area contributed by atoms with E-state index in [0.29, 0.717) is 29.4 Å². The van der Waals surface area contributed by atoms with Crippen LogP contribution in [0.1, 0.15) is 16.7 Å². The van der Waals surface area contributed by atoms with Crippen LogP contribution in [0.15, 0.2) is 71.7 Å². The third kappa shape index (κ3) is 4.99. The largest absolute Gasteiger partial charge is 0.399 e. The topological polar surface area (TPSA) is 93.7 Å². The number of nitrogen functional groups attached to an aromatic ring is 1. The summed E-state index contributed by atoms with van der Waals surface area (Å²) in [7, 11) is 0. The van der Waals surface area contributed by atoms with Crippen molar-refractivity contribution >= 4 is 40.0 Å². The molecule has 9 heteroatoms. The number of nitrogens with two attached hydrogens (primary N) is 1. The molecule has 0 aliphatic carbocycles. The molecule has 7 nitrogen and oxygen atoms in total. The van der Waals surface area contributed by atoms with Gasteiger partial charge in [-0.25, -0.2) is 9.37 Å². The number of thiophene rings is 1. The van der Waals surface area contributed by atoms with Gasteiger partial charge in [-0.3, -0.25) is 0 Å². The first-order valence-corrected chi connectivity index (χ1v) is 11.9. The van der Waals surface area contributed by atoms with Crippen molar-refractivity contribution in [2.24, 2.45) is 0 Å². The first kappa shape index (κ1) is 21.8. The third-order valence-corrected chi connectivity index (χ3v) is 6.25. The lowest BCUT2D eigenvalue weighted by Gasteiger charge is -2.11. The molecule has 172 valence electrons. The molecule has 5 aromatic rings. The third-order valence-electron chi connectivity index (χ3n) is 5.52. The van der Waals surface area contributed by atoms with E-state index in [1.54, 1.807) is 29.8 Å². The number of nitrogens with one attached hydrogen (secondary N) is 2. The standard InChI is InChI=1S/C25H24FN7S/c26-21-4-2-1-3-19(21)14-29-25-31-23(28-13-17-5-7-20(27)8-6-17)22-24(32-25)33(16-30-22)11-9-18-10-12-34-15-18/h1-8,10,12,15-16H,9,11,13-14,27H2,(H2,28,29,31,32). The minimum Gasteiger partial charge on any atom is -0.399 e. The zero-order chi connectivity index (χ0) is 23.3. The molecule has 0 atom stereocenters. The lowest BCUT2D eigenvalue weighted by molar-refractivity contribution is 0.612. The molecule has 0 bridgehead atoms. The van der Waals surface area contributed by atoms with E-state index in [9.17, 15) is 4.39 Å². The average molecular weight is 474 g/mol. The Labute approximate surface area is 200 Å². The molecule has 0 unspecified atom stereocenters. The summed E-state index contributed by atoms with van der Waals surface area (Å²) in [5, 5.41) is 10.8. The van der Waals surface area contributed by atoms with Crippen LogP contribution in [0.5, 0.6) is 0 Å². The van der Waals surface area contributed by atoms with Gasteiger partial charge >= 0.3 is 0 Å². The number of halogens is 1. The number of hydrogen-bond donors (Lipinski definition) is 3. The molecule has 0 saturated heterocycles. The van der Waals surface area contributed by atoms with Gasteiger partial charge in [-0.2, -0.15) is 21.3 Å². The Hall–Kier alpha value is -3.98. The Bertz CT molecular complexity index is 1380. The van der Waals surface area contributed by atoms with Crippen LogP contribution in [-0.2, 0) is 26.1 Å². The van der Waals surface area contributed by atoms with Gasteiger partial charge in [0.05, 0.1) is 6.33 Å². The van der Waals surface area contributed by atoms with Crippen molar-refractivity contribution in [3.8, 4) is 0 Å². The number of fused-ring (bicyclic) bond motifs is 1. The van der Waals surface area contributed by atoms with Crippen molar-refractivity contribution in [1.29, 1.82) is 0 Å². The molecular formula is C25H24FN7S. The van der Waals surface area contributed by atoms with Crippen molar-refractivity contribution in [2.75, 3.05) is 16.4 Å². The van der Waals surface area contributed by atoms with Gasteiger partial charge in [0.15, 0.2) is 17.0 Å². The van der Waals surface area contributed by atoms with Gasteiger partial charge in [-0.05, 0) is 52.6 Å². The van der Waals surface area contributed by atoms with E-state index in [1.165, 1.54) is 11.6 Å². The van der Waals surface area contributed by atoms with E-state index in [-0.39, 0.29) is 12.4 Å². The molecule has 5 rings (SSSR count). The van der Waals surface area contributed by atoms with E-state index in [1.807, 2.05) is 34.9 Å². The molecule has 0 spiro atoms. The van der Waals surface area contributed by atoms with E-state index >= 15 is 0 Å². The normalized spacial score (nSPS) is 11.1. The molecule has 3 aromatic heterocycles. The molecule has 4 N–H and O–H groups in total. The number of nitrogens with zero attached hydrogens (tertiary/aromatic N) is 4. The highest BCUT2D eigenvalue weighted by atomic mass is 32.1. The first-order chi connectivity index (χ1) is 16.7. The van der Waals surface area contributed by atoms with Crippen LogP contribution in [0.2, 0.25) is 0 Å². The van der Waals surface area contributed by atoms with Crippen LogP contribution in [0.4, 0.5) is 21.8 Å². The summed E-state index contributed by atoms with van der Waals surface area (Å²) in [5.74, 6) is 0.763. The fraction of sp³-hybridized carbons (Fsp3) is 0.160. The Morgan fingerprint density at radius 1 is 0.941 bits per heavy atom. The highest BCUT2D eigenvalue weighted by Gasteiger charge is 2.14. The Balaban J connectivity index is 1.42. The number of imidazole rings is 1. The van der Waals surface area contributed by atoms with Gasteiger partial charge in [0.2, 0.25) is 5.95 Å². The predicted octanol–water partition coefficient (Wildman–Crippen LogP) is 5.08. The second-order valence-corrected chi connectivity index (χ2v) is 8.71. The van der Waals surface area contributed by atoms with Crippen LogP contribution in [0, 0.1) is 5.82 Å². The second kappa shape index (κ2) is 9.88. The van der Waals surface area contributed by atoms with Crippen molar-refractivity contribution < 1.29 is 4.39 Å². The summed E-state index contributed by atoms with van der Waals surface area (Å²) in [5.41, 5.74) is 10.8. The van der Waals surface area contributed by atoms with Gasteiger partial charge in [0.1, 0.15) is 5.82 Å². The summed E-state index contributed by atoms with van der Waals surface area (Å²) >= 11 is 1.69. The van der Waals surface area contributed by atoms with Gasteiger partial charge in [0.25, 0.3) is 0 Å². The maximum Gasteiger partial charge on any atom is 0.227 e. The van der Waals surface area contributed by atoms with Gasteiger partial charge in [-0.15, -0.1) is 0 Å². The maximum atomic E-state index is 14.1. The van der Waals surface area contributed by atoms with Crippen molar-refractivity contribution in [3.05, 3.63) is 94.2 Å². The number of benzene rings is 2. The summed E-state index contributed by atoms with van der Waals surface area (Å²) in [6.07, 6.45) is 2.67. The summed E-state index contributed by atoms with van der Waals surface area (Å²) < 4.78 is 16.1. The molecule has 34 heavy (non-hydrogen) atoms. The zero-order valence-electron chi connectivity index (χ0n) is 18.4. The fourth-order valence-corrected chi connectivity index (χ4v) is 4.34. The van der Waals surface area contributed by atoms with Crippen molar-refractivity contribution in [1.82, 2.24) is 19.5 Å². The van der Waals surface area contributed by atoms with E-state index in [4.69, 9.17) is 10.7 Å². The molecule has 0 radical (unpaired) electrons. The molecule has 0 aliphatic heterocycles. The molecule has 0 aliphatic rings. The molecule has 0 saturated carbocycles. The minimum absolute atomic E-state index is 0.265. The molecule has 0 fully saturated rings. The fourth-order valence-electron chi connectivity index (χ4n) is 3.63. The Morgan fingerprint density at radius 2 is 1.79 bits per heavy atom. The van der Waals surface area contributed by atoms with Crippen LogP contribution in [0.3, 0.4) is 0 Å². The summed E-state index contributed by atoms with van der Waals surface area (Å²) in [6, 6.07) is 16.5. The quantitative estimate of drug-likeness (QED) is 0.259. The molecule has 0 amide bonds. The van der Waals surface area contributed by atoms with E-state index < -0.39 is 0 Å². The molecule has 3 heterocycles. The van der Waals surface area contributed by atoms with Crippen LogP contribution >= 0.6 is 11.3 Å². The highest BCUT2D eigenvalue weighted by molar-refractivity contribution is 7.07. The molecule has 2 aromatic carbocycles. The van der Waals surface area contributed by atoms with Gasteiger partial charge in [0, 0.05) is 30.9 Å². The van der Waals surface area contributed by atoms with Crippen molar-refractivity contribution in [3.63, 3.8) is 0 Å². The van der Waals surface area contributed by atoms with E-state index in [0.717, 1.165) is 29.9 Å². The lowest BCUT2D eigenvalue weighted by Crippen LogP contribution is -2.10. The Morgan fingerprint density at radius 3 is 2.59 bits per heavy atom. The number of anilines is 3.